The van der Waals surface area contributed by atoms with Gasteiger partial charge in [0, 0.05) is 30.6 Å². The van der Waals surface area contributed by atoms with Crippen LogP contribution in [-0.4, -0.2) is 75.7 Å². The van der Waals surface area contributed by atoms with E-state index in [1.165, 1.54) is 25.0 Å². The van der Waals surface area contributed by atoms with E-state index < -0.39 is 23.5 Å². The highest BCUT2D eigenvalue weighted by atomic mass is 19.4. The first-order chi connectivity index (χ1) is 20.1. The average molecular weight is 585 g/mol. The number of carbonyl (C=O) groups excluding carboxylic acids is 1. The number of amides is 1. The number of alkyl halides is 3. The Kier molecular flexibility index (Phi) is 5.72. The van der Waals surface area contributed by atoms with E-state index in [0.29, 0.717) is 43.9 Å². The summed E-state index contributed by atoms with van der Waals surface area (Å²) in [7, 11) is 0. The summed E-state index contributed by atoms with van der Waals surface area (Å²) in [5, 5.41) is 23.6. The summed E-state index contributed by atoms with van der Waals surface area (Å²) in [6.45, 7) is 2.42. The molecule has 2 bridgehead atoms. The maximum absolute atomic E-state index is 13.9. The first-order valence-electron chi connectivity index (χ1n) is 15.2. The SMILES string of the molecule is O=C1C(Cc2ccc(OC(F)(F)F)cc2)CCN1[C@H]1CCC2(O)[C@H]3Cc4ccc(O)c5c4[C@@]2(CCN3CC2CC2)[C@H]1O5. The van der Waals surface area contributed by atoms with Crippen LogP contribution in [0.2, 0.25) is 0 Å². The number of aliphatic hydroxyl groups is 1. The number of carbonyl (C=O) groups is 1. The van der Waals surface area contributed by atoms with Gasteiger partial charge < -0.3 is 24.6 Å². The second kappa shape index (κ2) is 9.02. The van der Waals surface area contributed by atoms with E-state index in [1.807, 2.05) is 11.0 Å². The Morgan fingerprint density at radius 1 is 1.02 bits per heavy atom. The molecule has 42 heavy (non-hydrogen) atoms. The number of hydrogen-bond donors (Lipinski definition) is 2. The Bertz CT molecular complexity index is 1430. The van der Waals surface area contributed by atoms with E-state index in [0.717, 1.165) is 42.6 Å². The highest BCUT2D eigenvalue weighted by Crippen LogP contribution is 2.66. The molecule has 2 aromatic rings. The number of benzene rings is 2. The number of ether oxygens (including phenoxy) is 2. The maximum Gasteiger partial charge on any atom is 0.573 e. The molecule has 224 valence electrons. The molecular weight excluding hydrogens is 549 g/mol. The van der Waals surface area contributed by atoms with Crippen LogP contribution >= 0.6 is 0 Å². The molecule has 2 saturated heterocycles. The molecular formula is C32H35F3N2O5. The lowest BCUT2D eigenvalue weighted by Gasteiger charge is -2.64. The zero-order valence-corrected chi connectivity index (χ0v) is 23.3. The lowest BCUT2D eigenvalue weighted by atomic mass is 9.48. The minimum atomic E-state index is -4.75. The number of likely N-dealkylation sites (tertiary alicyclic amines) is 2. The zero-order chi connectivity index (χ0) is 29.0. The molecule has 8 rings (SSSR count). The fourth-order valence-electron chi connectivity index (χ4n) is 9.17. The first-order valence-corrected chi connectivity index (χ1v) is 15.2. The van der Waals surface area contributed by atoms with Crippen LogP contribution in [-0.2, 0) is 23.1 Å². The van der Waals surface area contributed by atoms with Gasteiger partial charge in [-0.05, 0) is 93.2 Å². The monoisotopic (exact) mass is 584 g/mol. The van der Waals surface area contributed by atoms with Gasteiger partial charge in [0.05, 0.1) is 17.1 Å². The molecule has 10 heteroatoms. The molecule has 3 aliphatic heterocycles. The Morgan fingerprint density at radius 3 is 2.55 bits per heavy atom. The predicted octanol–water partition coefficient (Wildman–Crippen LogP) is 4.31. The van der Waals surface area contributed by atoms with E-state index in [1.54, 1.807) is 18.2 Å². The van der Waals surface area contributed by atoms with Crippen molar-refractivity contribution >= 4 is 5.91 Å². The molecule has 2 unspecified atom stereocenters. The van der Waals surface area contributed by atoms with E-state index in [4.69, 9.17) is 4.74 Å². The molecule has 0 radical (unpaired) electrons. The van der Waals surface area contributed by atoms with Crippen molar-refractivity contribution in [3.05, 3.63) is 53.1 Å². The molecule has 2 saturated carbocycles. The molecule has 3 aliphatic carbocycles. The van der Waals surface area contributed by atoms with Gasteiger partial charge in [-0.2, -0.15) is 0 Å². The fraction of sp³-hybridized carbons (Fsp3) is 0.594. The van der Waals surface area contributed by atoms with Crippen LogP contribution in [0.3, 0.4) is 0 Å². The Balaban J connectivity index is 1.07. The highest BCUT2D eigenvalue weighted by Gasteiger charge is 2.73. The molecule has 2 N–H and O–H groups in total. The topological polar surface area (TPSA) is 82.5 Å². The number of piperidine rings is 1. The van der Waals surface area contributed by atoms with Crippen molar-refractivity contribution in [1.29, 1.82) is 0 Å². The third-order valence-corrected chi connectivity index (χ3v) is 11.1. The van der Waals surface area contributed by atoms with Crippen LogP contribution in [0.1, 0.15) is 55.2 Å². The van der Waals surface area contributed by atoms with Crippen LogP contribution < -0.4 is 9.47 Å². The van der Waals surface area contributed by atoms with Gasteiger partial charge in [-0.15, -0.1) is 13.2 Å². The van der Waals surface area contributed by atoms with Gasteiger partial charge in [0.2, 0.25) is 5.91 Å². The normalized spacial score (nSPS) is 35.2. The molecule has 6 aliphatic rings. The summed E-state index contributed by atoms with van der Waals surface area (Å²) in [4.78, 5) is 18.3. The highest BCUT2D eigenvalue weighted by molar-refractivity contribution is 5.82. The van der Waals surface area contributed by atoms with Crippen molar-refractivity contribution in [2.75, 3.05) is 19.6 Å². The van der Waals surface area contributed by atoms with E-state index in [-0.39, 0.29) is 35.4 Å². The Labute approximate surface area is 242 Å². The largest absolute Gasteiger partial charge is 0.573 e. The van der Waals surface area contributed by atoms with E-state index in [9.17, 15) is 28.2 Å². The number of phenolic OH excluding ortho intramolecular Hbond substituents is 1. The third-order valence-electron chi connectivity index (χ3n) is 11.1. The molecule has 1 spiro atoms. The molecule has 1 amide bonds. The predicted molar refractivity (Wildman–Crippen MR) is 145 cm³/mol. The molecule has 4 fully saturated rings. The molecule has 7 nitrogen and oxygen atoms in total. The third kappa shape index (κ3) is 3.83. The van der Waals surface area contributed by atoms with Crippen molar-refractivity contribution < 1.29 is 37.7 Å². The van der Waals surface area contributed by atoms with Gasteiger partial charge in [-0.3, -0.25) is 9.69 Å². The van der Waals surface area contributed by atoms with E-state index >= 15 is 0 Å². The fourth-order valence-corrected chi connectivity index (χ4v) is 9.17. The lowest BCUT2D eigenvalue weighted by molar-refractivity contribution is -0.274. The van der Waals surface area contributed by atoms with Crippen LogP contribution in [0.25, 0.3) is 0 Å². The number of halogens is 3. The number of phenols is 1. The van der Waals surface area contributed by atoms with Crippen molar-refractivity contribution in [3.63, 3.8) is 0 Å². The lowest BCUT2D eigenvalue weighted by Crippen LogP contribution is -2.78. The van der Waals surface area contributed by atoms with Gasteiger partial charge in [-0.1, -0.05) is 18.2 Å². The number of hydrogen-bond acceptors (Lipinski definition) is 6. The summed E-state index contributed by atoms with van der Waals surface area (Å²) >= 11 is 0. The number of rotatable bonds is 6. The van der Waals surface area contributed by atoms with Crippen molar-refractivity contribution in [2.45, 2.75) is 86.9 Å². The van der Waals surface area contributed by atoms with Crippen LogP contribution in [0.5, 0.6) is 17.2 Å². The smallest absolute Gasteiger partial charge is 0.504 e. The minimum absolute atomic E-state index is 0.0139. The Morgan fingerprint density at radius 2 is 1.81 bits per heavy atom. The molecule has 0 aromatic heterocycles. The summed E-state index contributed by atoms with van der Waals surface area (Å²) in [6.07, 6.45) is 0.986. The summed E-state index contributed by atoms with van der Waals surface area (Å²) in [6, 6.07) is 9.15. The standard InChI is InChI=1S/C32H35F3N2O5/c33-32(34,35)42-22-6-3-18(4-7-22)15-21-10-13-37(29(21)39)23-9-11-31(40)25-16-20-5-8-24(38)27-26(20)30(31,28(23)41-27)12-14-36(25)17-19-1-2-19/h3-8,19,21,23,25,28,38,40H,1-2,9-17H2/t21?,23-,25+,28-,30-,31?/m0/s1. The van der Waals surface area contributed by atoms with Gasteiger partial charge in [0.15, 0.2) is 11.5 Å². The molecule has 2 aromatic carbocycles. The van der Waals surface area contributed by atoms with Gasteiger partial charge in [0.1, 0.15) is 11.9 Å². The average Bonchev–Trinajstić information content (AvgIpc) is 3.59. The van der Waals surface area contributed by atoms with E-state index in [2.05, 4.69) is 9.64 Å². The van der Waals surface area contributed by atoms with Gasteiger partial charge in [0.25, 0.3) is 0 Å². The van der Waals surface area contributed by atoms with Gasteiger partial charge in [-0.25, -0.2) is 0 Å². The van der Waals surface area contributed by atoms with Crippen molar-refractivity contribution in [3.8, 4) is 17.2 Å². The maximum atomic E-state index is 13.9. The zero-order valence-electron chi connectivity index (χ0n) is 23.3. The Hall–Kier alpha value is -2.98. The number of aromatic hydroxyl groups is 1. The summed E-state index contributed by atoms with van der Waals surface area (Å²) < 4.78 is 48.3. The quantitative estimate of drug-likeness (QED) is 0.527. The molecule has 3 heterocycles. The summed E-state index contributed by atoms with van der Waals surface area (Å²) in [5.41, 5.74) is 1.17. The van der Waals surface area contributed by atoms with Crippen LogP contribution in [0, 0.1) is 11.8 Å². The second-order valence-corrected chi connectivity index (χ2v) is 13.3. The van der Waals surface area contributed by atoms with Crippen LogP contribution in [0.4, 0.5) is 13.2 Å². The van der Waals surface area contributed by atoms with Crippen molar-refractivity contribution in [2.24, 2.45) is 11.8 Å². The van der Waals surface area contributed by atoms with Crippen LogP contribution in [0.15, 0.2) is 36.4 Å². The van der Waals surface area contributed by atoms with Crippen molar-refractivity contribution in [1.82, 2.24) is 9.80 Å². The molecule has 6 atom stereocenters. The number of nitrogens with zero attached hydrogens (tertiary/aromatic N) is 2. The van der Waals surface area contributed by atoms with Gasteiger partial charge >= 0.3 is 6.36 Å². The summed E-state index contributed by atoms with van der Waals surface area (Å²) in [5.74, 6) is 0.709. The first kappa shape index (κ1) is 26.6. The minimum Gasteiger partial charge on any atom is -0.504 e. The second-order valence-electron chi connectivity index (χ2n) is 13.3.